The standard InChI is InChI=1S/C14H20BrNO2/c1-9(2)8-16(10(3)4)13-6-5-11(15)7-12(13)14(17)18/h5-7,9-10H,8H2,1-4H3,(H,17,18). The van der Waals surface area contributed by atoms with E-state index < -0.39 is 5.97 Å². The van der Waals surface area contributed by atoms with Crippen LogP contribution in [0.4, 0.5) is 5.69 Å². The molecule has 0 radical (unpaired) electrons. The average molecular weight is 314 g/mol. The number of nitrogens with zero attached hydrogens (tertiary/aromatic N) is 1. The van der Waals surface area contributed by atoms with Gasteiger partial charge in [0.2, 0.25) is 0 Å². The fourth-order valence-corrected chi connectivity index (χ4v) is 2.27. The van der Waals surface area contributed by atoms with E-state index in [0.29, 0.717) is 11.5 Å². The predicted octanol–water partition coefficient (Wildman–Crippen LogP) is 4.02. The molecule has 0 saturated heterocycles. The summed E-state index contributed by atoms with van der Waals surface area (Å²) in [6.45, 7) is 9.27. The molecule has 0 aliphatic rings. The first-order chi connectivity index (χ1) is 8.32. The van der Waals surface area contributed by atoms with Gasteiger partial charge >= 0.3 is 5.97 Å². The van der Waals surface area contributed by atoms with Gasteiger partial charge in [-0.15, -0.1) is 0 Å². The van der Waals surface area contributed by atoms with Crippen molar-refractivity contribution >= 4 is 27.6 Å². The lowest BCUT2D eigenvalue weighted by atomic mass is 10.1. The van der Waals surface area contributed by atoms with Crippen molar-refractivity contribution in [3.05, 3.63) is 28.2 Å². The van der Waals surface area contributed by atoms with Gasteiger partial charge in [-0.25, -0.2) is 4.79 Å². The van der Waals surface area contributed by atoms with Crippen molar-refractivity contribution in [2.75, 3.05) is 11.4 Å². The Labute approximate surface area is 117 Å². The summed E-state index contributed by atoms with van der Waals surface area (Å²) in [6, 6.07) is 5.69. The molecule has 0 heterocycles. The number of carbonyl (C=O) groups is 1. The minimum Gasteiger partial charge on any atom is -0.478 e. The van der Waals surface area contributed by atoms with Crippen LogP contribution < -0.4 is 4.90 Å². The molecule has 0 fully saturated rings. The minimum absolute atomic E-state index is 0.270. The van der Waals surface area contributed by atoms with E-state index in [-0.39, 0.29) is 6.04 Å². The molecule has 0 saturated carbocycles. The van der Waals surface area contributed by atoms with Crippen LogP contribution in [0, 0.1) is 5.92 Å². The zero-order valence-electron chi connectivity index (χ0n) is 11.3. The Morgan fingerprint density at radius 3 is 2.39 bits per heavy atom. The van der Waals surface area contributed by atoms with Crippen LogP contribution in [0.3, 0.4) is 0 Å². The normalized spacial score (nSPS) is 11.1. The Morgan fingerprint density at radius 1 is 1.33 bits per heavy atom. The molecular weight excluding hydrogens is 294 g/mol. The van der Waals surface area contributed by atoms with Crippen molar-refractivity contribution in [3.8, 4) is 0 Å². The predicted molar refractivity (Wildman–Crippen MR) is 78.4 cm³/mol. The maximum atomic E-state index is 11.3. The number of rotatable bonds is 5. The largest absolute Gasteiger partial charge is 0.478 e. The minimum atomic E-state index is -0.888. The van der Waals surface area contributed by atoms with Gasteiger partial charge < -0.3 is 10.0 Å². The van der Waals surface area contributed by atoms with Gasteiger partial charge in [0, 0.05) is 17.1 Å². The first kappa shape index (κ1) is 15.0. The molecule has 0 aromatic heterocycles. The quantitative estimate of drug-likeness (QED) is 0.892. The van der Waals surface area contributed by atoms with Crippen LogP contribution in [0.5, 0.6) is 0 Å². The molecule has 1 N–H and O–H groups in total. The van der Waals surface area contributed by atoms with Crippen molar-refractivity contribution in [2.45, 2.75) is 33.7 Å². The van der Waals surface area contributed by atoms with Crippen molar-refractivity contribution < 1.29 is 9.90 Å². The molecule has 100 valence electrons. The van der Waals surface area contributed by atoms with Crippen LogP contribution in [0.25, 0.3) is 0 Å². The lowest BCUT2D eigenvalue weighted by Crippen LogP contribution is -2.35. The Hall–Kier alpha value is -1.03. The summed E-state index contributed by atoms with van der Waals surface area (Å²) in [4.78, 5) is 13.5. The average Bonchev–Trinajstić information content (AvgIpc) is 2.25. The van der Waals surface area contributed by atoms with Crippen LogP contribution in [-0.2, 0) is 0 Å². The number of hydrogen-bond acceptors (Lipinski definition) is 2. The van der Waals surface area contributed by atoms with E-state index in [9.17, 15) is 9.90 Å². The van der Waals surface area contributed by atoms with Crippen molar-refractivity contribution in [2.24, 2.45) is 5.92 Å². The molecular formula is C14H20BrNO2. The Kier molecular flexibility index (Phi) is 5.20. The third kappa shape index (κ3) is 3.73. The van der Waals surface area contributed by atoms with Crippen LogP contribution >= 0.6 is 15.9 Å². The van der Waals surface area contributed by atoms with E-state index in [4.69, 9.17) is 0 Å². The zero-order valence-corrected chi connectivity index (χ0v) is 12.9. The van der Waals surface area contributed by atoms with E-state index in [1.807, 2.05) is 12.1 Å². The number of aromatic carboxylic acids is 1. The molecule has 1 aromatic rings. The lowest BCUT2D eigenvalue weighted by Gasteiger charge is -2.31. The smallest absolute Gasteiger partial charge is 0.337 e. The van der Waals surface area contributed by atoms with Crippen molar-refractivity contribution in [3.63, 3.8) is 0 Å². The first-order valence-corrected chi connectivity index (χ1v) is 6.91. The van der Waals surface area contributed by atoms with Crippen LogP contribution in [0.2, 0.25) is 0 Å². The third-order valence-corrected chi connectivity index (χ3v) is 3.18. The zero-order chi connectivity index (χ0) is 13.9. The van der Waals surface area contributed by atoms with Gasteiger partial charge in [-0.2, -0.15) is 0 Å². The highest BCUT2D eigenvalue weighted by molar-refractivity contribution is 9.10. The lowest BCUT2D eigenvalue weighted by molar-refractivity contribution is 0.0697. The molecule has 0 bridgehead atoms. The number of halogens is 1. The van der Waals surface area contributed by atoms with Crippen molar-refractivity contribution in [1.82, 2.24) is 0 Å². The second-order valence-electron chi connectivity index (χ2n) is 5.11. The molecule has 3 nitrogen and oxygen atoms in total. The maximum absolute atomic E-state index is 11.3. The number of hydrogen-bond donors (Lipinski definition) is 1. The summed E-state index contributed by atoms with van der Waals surface area (Å²) >= 11 is 3.32. The number of carboxylic acid groups (broad SMARTS) is 1. The molecule has 0 atom stereocenters. The van der Waals surface area contributed by atoms with E-state index >= 15 is 0 Å². The van der Waals surface area contributed by atoms with E-state index in [0.717, 1.165) is 16.7 Å². The summed E-state index contributed by atoms with van der Waals surface area (Å²) in [7, 11) is 0. The van der Waals surface area contributed by atoms with Gasteiger partial charge in [0.05, 0.1) is 11.3 Å². The topological polar surface area (TPSA) is 40.5 Å². The van der Waals surface area contributed by atoms with E-state index in [1.54, 1.807) is 6.07 Å². The summed E-state index contributed by atoms with van der Waals surface area (Å²) in [5, 5.41) is 9.31. The number of benzene rings is 1. The molecule has 18 heavy (non-hydrogen) atoms. The van der Waals surface area contributed by atoms with Gasteiger partial charge in [-0.3, -0.25) is 0 Å². The van der Waals surface area contributed by atoms with Gasteiger partial charge in [-0.1, -0.05) is 29.8 Å². The molecule has 0 unspecified atom stereocenters. The highest BCUT2D eigenvalue weighted by atomic mass is 79.9. The van der Waals surface area contributed by atoms with E-state index in [2.05, 4.69) is 48.5 Å². The summed E-state index contributed by atoms with van der Waals surface area (Å²) in [6.07, 6.45) is 0. The van der Waals surface area contributed by atoms with Gasteiger partial charge in [0.1, 0.15) is 0 Å². The summed E-state index contributed by atoms with van der Waals surface area (Å²) in [5.74, 6) is -0.404. The van der Waals surface area contributed by atoms with Crippen molar-refractivity contribution in [1.29, 1.82) is 0 Å². The molecule has 0 aliphatic carbocycles. The van der Waals surface area contributed by atoms with Gasteiger partial charge in [-0.05, 0) is 38.0 Å². The van der Waals surface area contributed by atoms with Crippen LogP contribution in [0.15, 0.2) is 22.7 Å². The van der Waals surface area contributed by atoms with Crippen LogP contribution in [0.1, 0.15) is 38.1 Å². The maximum Gasteiger partial charge on any atom is 0.337 e. The van der Waals surface area contributed by atoms with Crippen LogP contribution in [-0.4, -0.2) is 23.7 Å². The second-order valence-corrected chi connectivity index (χ2v) is 6.02. The van der Waals surface area contributed by atoms with Gasteiger partial charge in [0.15, 0.2) is 0 Å². The summed E-state index contributed by atoms with van der Waals surface area (Å²) in [5.41, 5.74) is 1.13. The Balaban J connectivity index is 3.22. The fourth-order valence-electron chi connectivity index (χ4n) is 1.91. The highest BCUT2D eigenvalue weighted by Crippen LogP contribution is 2.27. The first-order valence-electron chi connectivity index (χ1n) is 6.12. The Morgan fingerprint density at radius 2 is 1.94 bits per heavy atom. The molecule has 0 spiro atoms. The third-order valence-electron chi connectivity index (χ3n) is 2.68. The monoisotopic (exact) mass is 313 g/mol. The molecule has 0 amide bonds. The SMILES string of the molecule is CC(C)CN(c1ccc(Br)cc1C(=O)O)C(C)C. The molecule has 0 aliphatic heterocycles. The number of carboxylic acids is 1. The van der Waals surface area contributed by atoms with Gasteiger partial charge in [0.25, 0.3) is 0 Å². The molecule has 1 rings (SSSR count). The summed E-state index contributed by atoms with van der Waals surface area (Å²) < 4.78 is 0.789. The molecule has 4 heteroatoms. The molecule has 1 aromatic carbocycles. The number of anilines is 1. The Bertz CT molecular complexity index is 430. The van der Waals surface area contributed by atoms with E-state index in [1.165, 1.54) is 0 Å². The fraction of sp³-hybridized carbons (Fsp3) is 0.500. The highest BCUT2D eigenvalue weighted by Gasteiger charge is 2.19. The second kappa shape index (κ2) is 6.23.